The summed E-state index contributed by atoms with van der Waals surface area (Å²) in [6.45, 7) is 4.52. The van der Waals surface area contributed by atoms with Gasteiger partial charge in [-0.25, -0.2) is 0 Å². The van der Waals surface area contributed by atoms with Crippen molar-refractivity contribution in [3.63, 3.8) is 0 Å². The molecule has 1 aromatic rings. The second kappa shape index (κ2) is 5.12. The van der Waals surface area contributed by atoms with E-state index in [2.05, 4.69) is 5.43 Å². The molecule has 0 saturated carbocycles. The summed E-state index contributed by atoms with van der Waals surface area (Å²) in [7, 11) is 0. The number of carbonyl (C=O) groups is 1. The van der Waals surface area contributed by atoms with E-state index in [4.69, 9.17) is 17.4 Å². The largest absolute Gasteiger partial charge is 0.332 e. The van der Waals surface area contributed by atoms with E-state index in [-0.39, 0.29) is 24.4 Å². The van der Waals surface area contributed by atoms with Crippen LogP contribution in [0.15, 0.2) is 12.1 Å². The highest BCUT2D eigenvalue weighted by molar-refractivity contribution is 6.34. The Balaban J connectivity index is 0.00000144. The predicted molar refractivity (Wildman–Crippen MR) is 71.5 cm³/mol. The number of halogens is 2. The Morgan fingerprint density at radius 1 is 1.47 bits per heavy atom. The first-order valence-corrected chi connectivity index (χ1v) is 5.53. The van der Waals surface area contributed by atoms with Crippen molar-refractivity contribution in [1.82, 2.24) is 4.90 Å². The smallest absolute Gasteiger partial charge is 0.256 e. The lowest BCUT2D eigenvalue weighted by Gasteiger charge is -2.20. The number of fused-ring (bicyclic) bond motifs is 1. The van der Waals surface area contributed by atoms with Crippen molar-refractivity contribution in [2.75, 3.05) is 5.43 Å². The minimum absolute atomic E-state index is 0. The van der Waals surface area contributed by atoms with Crippen LogP contribution in [0.1, 0.15) is 29.8 Å². The van der Waals surface area contributed by atoms with E-state index < -0.39 is 0 Å². The fourth-order valence-electron chi connectivity index (χ4n) is 1.95. The first-order chi connectivity index (χ1) is 7.56. The minimum atomic E-state index is -0.0212. The molecular formula is C11H15Cl2N3O. The Morgan fingerprint density at radius 2 is 2.12 bits per heavy atom. The number of nitrogens with one attached hydrogen (secondary N) is 1. The average molecular weight is 276 g/mol. The Hall–Kier alpha value is -0.970. The number of carbonyl (C=O) groups excluding carboxylic acids is 1. The fourth-order valence-corrected chi connectivity index (χ4v) is 2.21. The van der Waals surface area contributed by atoms with Crippen molar-refractivity contribution in [1.29, 1.82) is 0 Å². The van der Waals surface area contributed by atoms with Crippen LogP contribution in [0.5, 0.6) is 0 Å². The number of nitrogens with zero attached hydrogens (tertiary/aromatic N) is 1. The maximum atomic E-state index is 12.1. The van der Waals surface area contributed by atoms with E-state index in [9.17, 15) is 4.79 Å². The van der Waals surface area contributed by atoms with E-state index in [1.54, 1.807) is 17.0 Å². The van der Waals surface area contributed by atoms with Gasteiger partial charge < -0.3 is 10.3 Å². The van der Waals surface area contributed by atoms with Crippen LogP contribution in [0.3, 0.4) is 0 Å². The number of hydrogen-bond donors (Lipinski definition) is 2. The molecule has 0 unspecified atom stereocenters. The Kier molecular flexibility index (Phi) is 4.25. The first kappa shape index (κ1) is 14.1. The maximum Gasteiger partial charge on any atom is 0.256 e. The third-order valence-corrected chi connectivity index (χ3v) is 3.16. The number of amides is 1. The van der Waals surface area contributed by atoms with Crippen LogP contribution in [0.25, 0.3) is 0 Å². The van der Waals surface area contributed by atoms with Gasteiger partial charge in [-0.05, 0) is 26.0 Å². The molecule has 1 amide bonds. The highest BCUT2D eigenvalue weighted by Gasteiger charge is 2.32. The molecule has 0 spiro atoms. The number of anilines is 1. The molecule has 1 heterocycles. The van der Waals surface area contributed by atoms with Gasteiger partial charge in [0, 0.05) is 18.2 Å². The predicted octanol–water partition coefficient (Wildman–Crippen LogP) is 2.41. The molecule has 4 nitrogen and oxygen atoms in total. The van der Waals surface area contributed by atoms with Gasteiger partial charge in [-0.1, -0.05) is 11.6 Å². The molecule has 0 fully saturated rings. The molecular weight excluding hydrogens is 261 g/mol. The van der Waals surface area contributed by atoms with Crippen molar-refractivity contribution < 1.29 is 4.79 Å². The molecule has 1 aliphatic heterocycles. The summed E-state index contributed by atoms with van der Waals surface area (Å²) in [5.41, 5.74) is 4.82. The van der Waals surface area contributed by atoms with E-state index in [1.165, 1.54) is 0 Å². The van der Waals surface area contributed by atoms with Crippen molar-refractivity contribution in [2.24, 2.45) is 5.84 Å². The van der Waals surface area contributed by atoms with Gasteiger partial charge in [0.2, 0.25) is 0 Å². The SMILES string of the molecule is CC(C)N1Cc2c(NN)ccc(Cl)c2C1=O.Cl. The number of nitrogens with two attached hydrogens (primary N) is 1. The molecule has 0 aliphatic carbocycles. The standard InChI is InChI=1S/C11H14ClN3O.ClH/c1-6(2)15-5-7-9(14-13)4-3-8(12)10(7)11(15)16;/h3-4,6,14H,5,13H2,1-2H3;1H. The lowest BCUT2D eigenvalue weighted by Crippen LogP contribution is -2.30. The van der Waals surface area contributed by atoms with Gasteiger partial charge in [0.1, 0.15) is 0 Å². The summed E-state index contributed by atoms with van der Waals surface area (Å²) in [5, 5.41) is 0.488. The summed E-state index contributed by atoms with van der Waals surface area (Å²) >= 11 is 6.05. The topological polar surface area (TPSA) is 58.4 Å². The van der Waals surface area contributed by atoms with E-state index in [0.29, 0.717) is 17.1 Å². The fraction of sp³-hybridized carbons (Fsp3) is 0.364. The molecule has 0 atom stereocenters. The zero-order chi connectivity index (χ0) is 11.9. The molecule has 0 aromatic heterocycles. The molecule has 94 valence electrons. The number of hydrogen-bond acceptors (Lipinski definition) is 3. The minimum Gasteiger partial charge on any atom is -0.332 e. The van der Waals surface area contributed by atoms with Crippen molar-refractivity contribution in [3.05, 3.63) is 28.3 Å². The summed E-state index contributed by atoms with van der Waals surface area (Å²) in [6.07, 6.45) is 0. The van der Waals surface area contributed by atoms with Crippen LogP contribution in [-0.2, 0) is 6.54 Å². The summed E-state index contributed by atoms with van der Waals surface area (Å²) in [6, 6.07) is 3.64. The number of benzene rings is 1. The molecule has 3 N–H and O–H groups in total. The van der Waals surface area contributed by atoms with Crippen molar-refractivity contribution in [3.8, 4) is 0 Å². The van der Waals surface area contributed by atoms with Crippen molar-refractivity contribution >= 4 is 35.6 Å². The molecule has 0 saturated heterocycles. The van der Waals surface area contributed by atoms with E-state index >= 15 is 0 Å². The van der Waals surface area contributed by atoms with Gasteiger partial charge in [-0.2, -0.15) is 0 Å². The lowest BCUT2D eigenvalue weighted by molar-refractivity contribution is 0.0731. The van der Waals surface area contributed by atoms with Crippen LogP contribution in [0.2, 0.25) is 5.02 Å². The Bertz CT molecular complexity index is 449. The third-order valence-electron chi connectivity index (χ3n) is 2.84. The van der Waals surface area contributed by atoms with Crippen LogP contribution >= 0.6 is 24.0 Å². The van der Waals surface area contributed by atoms with Gasteiger partial charge in [-0.15, -0.1) is 12.4 Å². The zero-order valence-electron chi connectivity index (χ0n) is 9.66. The Morgan fingerprint density at radius 3 is 2.65 bits per heavy atom. The van der Waals surface area contributed by atoms with Crippen LogP contribution in [0.4, 0.5) is 5.69 Å². The highest BCUT2D eigenvalue weighted by Crippen LogP contribution is 2.34. The monoisotopic (exact) mass is 275 g/mol. The quantitative estimate of drug-likeness (QED) is 0.644. The molecule has 17 heavy (non-hydrogen) atoms. The molecule has 6 heteroatoms. The van der Waals surface area contributed by atoms with Gasteiger partial charge >= 0.3 is 0 Å². The van der Waals surface area contributed by atoms with Crippen molar-refractivity contribution in [2.45, 2.75) is 26.4 Å². The second-order valence-corrected chi connectivity index (χ2v) is 4.53. The second-order valence-electron chi connectivity index (χ2n) is 4.12. The molecule has 0 radical (unpaired) electrons. The average Bonchev–Trinajstić information content (AvgIpc) is 2.58. The molecule has 2 rings (SSSR count). The van der Waals surface area contributed by atoms with E-state index in [0.717, 1.165) is 11.3 Å². The van der Waals surface area contributed by atoms with Crippen LogP contribution < -0.4 is 11.3 Å². The summed E-state index contributed by atoms with van der Waals surface area (Å²) in [4.78, 5) is 13.9. The normalized spacial score (nSPS) is 13.7. The highest BCUT2D eigenvalue weighted by atomic mass is 35.5. The molecule has 1 aromatic carbocycles. The Labute approximate surface area is 111 Å². The zero-order valence-corrected chi connectivity index (χ0v) is 11.2. The van der Waals surface area contributed by atoms with Gasteiger partial charge in [0.25, 0.3) is 5.91 Å². The van der Waals surface area contributed by atoms with Gasteiger partial charge in [0.15, 0.2) is 0 Å². The van der Waals surface area contributed by atoms with E-state index in [1.807, 2.05) is 13.8 Å². The van der Waals surface area contributed by atoms with Crippen LogP contribution in [-0.4, -0.2) is 16.8 Å². The molecule has 0 bridgehead atoms. The number of hydrazine groups is 1. The van der Waals surface area contributed by atoms with Crippen LogP contribution in [0, 0.1) is 0 Å². The lowest BCUT2D eigenvalue weighted by atomic mass is 10.1. The first-order valence-electron chi connectivity index (χ1n) is 5.15. The number of nitrogen functional groups attached to an aromatic ring is 1. The molecule has 1 aliphatic rings. The van der Waals surface area contributed by atoms with Gasteiger partial charge in [-0.3, -0.25) is 10.6 Å². The summed E-state index contributed by atoms with van der Waals surface area (Å²) < 4.78 is 0. The third kappa shape index (κ3) is 2.20. The number of rotatable bonds is 2. The maximum absolute atomic E-state index is 12.1. The summed E-state index contributed by atoms with van der Waals surface area (Å²) in [5.74, 6) is 5.40. The van der Waals surface area contributed by atoms with Gasteiger partial charge in [0.05, 0.1) is 16.3 Å².